The smallest absolute Gasteiger partial charge is 0.409 e. The third-order valence-electron chi connectivity index (χ3n) is 4.43. The standard InChI is InChI=1S/C15H17NO3/c1-19-14(18)16-8-6-15(7-9-16)10-11-4-2-3-5-12(11)13(15)17/h2-5H,6-10H2,1H3. The molecule has 4 heteroatoms. The number of ether oxygens (including phenoxy) is 1. The van der Waals surface area contributed by atoms with E-state index in [9.17, 15) is 9.59 Å². The highest BCUT2D eigenvalue weighted by Gasteiger charge is 2.47. The molecule has 4 nitrogen and oxygen atoms in total. The lowest BCUT2D eigenvalue weighted by atomic mass is 9.75. The molecular formula is C15H17NO3. The highest BCUT2D eigenvalue weighted by Crippen LogP contribution is 2.44. The minimum atomic E-state index is -0.294. The van der Waals surface area contributed by atoms with Gasteiger partial charge in [-0.05, 0) is 24.8 Å². The lowest BCUT2D eigenvalue weighted by Crippen LogP contribution is -2.45. The number of hydrogen-bond donors (Lipinski definition) is 0. The Bertz CT molecular complexity index is 530. The summed E-state index contributed by atoms with van der Waals surface area (Å²) < 4.78 is 4.73. The van der Waals surface area contributed by atoms with Crippen LogP contribution in [0.4, 0.5) is 4.79 Å². The highest BCUT2D eigenvalue weighted by molar-refractivity contribution is 6.05. The third-order valence-corrected chi connectivity index (χ3v) is 4.43. The van der Waals surface area contributed by atoms with Crippen LogP contribution in [-0.2, 0) is 11.2 Å². The van der Waals surface area contributed by atoms with Crippen molar-refractivity contribution in [1.82, 2.24) is 4.90 Å². The van der Waals surface area contributed by atoms with E-state index in [0.717, 1.165) is 30.4 Å². The Morgan fingerprint density at radius 1 is 1.26 bits per heavy atom. The van der Waals surface area contributed by atoms with Crippen LogP contribution >= 0.6 is 0 Å². The molecule has 100 valence electrons. The summed E-state index contributed by atoms with van der Waals surface area (Å²) in [7, 11) is 1.39. The molecule has 0 radical (unpaired) electrons. The summed E-state index contributed by atoms with van der Waals surface area (Å²) in [5.74, 6) is 0.257. The molecule has 1 aliphatic heterocycles. The van der Waals surface area contributed by atoms with Crippen LogP contribution in [0.15, 0.2) is 24.3 Å². The molecule has 0 aromatic heterocycles. The fourth-order valence-corrected chi connectivity index (χ4v) is 3.28. The number of fused-ring (bicyclic) bond motifs is 1. The summed E-state index contributed by atoms with van der Waals surface area (Å²) in [6.07, 6.45) is 1.99. The van der Waals surface area contributed by atoms with Crippen molar-refractivity contribution in [1.29, 1.82) is 0 Å². The van der Waals surface area contributed by atoms with Gasteiger partial charge in [0.2, 0.25) is 0 Å². The van der Waals surface area contributed by atoms with Gasteiger partial charge in [-0.25, -0.2) is 4.79 Å². The average Bonchev–Trinajstić information content (AvgIpc) is 2.72. The Kier molecular flexibility index (Phi) is 2.81. The van der Waals surface area contributed by atoms with E-state index in [1.54, 1.807) is 4.90 Å². The molecule has 0 bridgehead atoms. The van der Waals surface area contributed by atoms with Crippen LogP contribution in [0, 0.1) is 5.41 Å². The van der Waals surface area contributed by atoms with Crippen molar-refractivity contribution in [2.24, 2.45) is 5.41 Å². The van der Waals surface area contributed by atoms with E-state index in [2.05, 4.69) is 0 Å². The maximum atomic E-state index is 12.6. The molecule has 1 heterocycles. The predicted octanol–water partition coefficient (Wildman–Crippen LogP) is 2.27. The first kappa shape index (κ1) is 12.2. The molecule has 1 saturated heterocycles. The zero-order valence-corrected chi connectivity index (χ0v) is 11.0. The van der Waals surface area contributed by atoms with Crippen LogP contribution in [0.5, 0.6) is 0 Å². The number of carbonyl (C=O) groups excluding carboxylic acids is 2. The van der Waals surface area contributed by atoms with E-state index in [0.29, 0.717) is 13.1 Å². The fourth-order valence-electron chi connectivity index (χ4n) is 3.28. The number of ketones is 1. The normalized spacial score (nSPS) is 20.5. The van der Waals surface area contributed by atoms with E-state index in [1.807, 2.05) is 24.3 Å². The maximum Gasteiger partial charge on any atom is 0.409 e. The lowest BCUT2D eigenvalue weighted by Gasteiger charge is -2.37. The van der Waals surface area contributed by atoms with Crippen LogP contribution in [-0.4, -0.2) is 37.0 Å². The number of rotatable bonds is 0. The van der Waals surface area contributed by atoms with Gasteiger partial charge in [-0.3, -0.25) is 4.79 Å². The summed E-state index contributed by atoms with van der Waals surface area (Å²) in [5, 5.41) is 0. The SMILES string of the molecule is COC(=O)N1CCC2(CC1)Cc1ccccc1C2=O. The third kappa shape index (κ3) is 1.82. The summed E-state index contributed by atoms with van der Waals surface area (Å²) >= 11 is 0. The Morgan fingerprint density at radius 3 is 2.58 bits per heavy atom. The Balaban J connectivity index is 1.79. The second-order valence-electron chi connectivity index (χ2n) is 5.40. The van der Waals surface area contributed by atoms with Gasteiger partial charge in [0.25, 0.3) is 0 Å². The highest BCUT2D eigenvalue weighted by atomic mass is 16.5. The zero-order chi connectivity index (χ0) is 13.5. The van der Waals surface area contributed by atoms with E-state index in [-0.39, 0.29) is 17.3 Å². The second-order valence-corrected chi connectivity index (χ2v) is 5.40. The minimum absolute atomic E-state index is 0.257. The Hall–Kier alpha value is -1.84. The number of benzene rings is 1. The molecule has 0 unspecified atom stereocenters. The van der Waals surface area contributed by atoms with Crippen molar-refractivity contribution in [2.45, 2.75) is 19.3 Å². The van der Waals surface area contributed by atoms with E-state index in [1.165, 1.54) is 7.11 Å². The average molecular weight is 259 g/mol. The first-order valence-corrected chi connectivity index (χ1v) is 6.62. The van der Waals surface area contributed by atoms with Gasteiger partial charge in [0.05, 0.1) is 7.11 Å². The van der Waals surface area contributed by atoms with Crippen LogP contribution in [0.1, 0.15) is 28.8 Å². The number of carbonyl (C=O) groups is 2. The van der Waals surface area contributed by atoms with E-state index < -0.39 is 0 Å². The summed E-state index contributed by atoms with van der Waals surface area (Å²) in [4.78, 5) is 25.8. The van der Waals surface area contributed by atoms with Gasteiger partial charge in [0.1, 0.15) is 0 Å². The number of nitrogens with zero attached hydrogens (tertiary/aromatic N) is 1. The number of hydrogen-bond acceptors (Lipinski definition) is 3. The molecule has 0 N–H and O–H groups in total. The molecule has 1 aliphatic carbocycles. The monoisotopic (exact) mass is 259 g/mol. The maximum absolute atomic E-state index is 12.6. The number of amides is 1. The number of likely N-dealkylation sites (tertiary alicyclic amines) is 1. The van der Waals surface area contributed by atoms with Crippen molar-refractivity contribution in [2.75, 3.05) is 20.2 Å². The topological polar surface area (TPSA) is 46.6 Å². The molecule has 1 fully saturated rings. The minimum Gasteiger partial charge on any atom is -0.453 e. The quantitative estimate of drug-likeness (QED) is 0.718. The van der Waals surface area contributed by atoms with Crippen LogP contribution in [0.25, 0.3) is 0 Å². The van der Waals surface area contributed by atoms with Gasteiger partial charge in [0.15, 0.2) is 5.78 Å². The number of methoxy groups -OCH3 is 1. The molecule has 1 aromatic carbocycles. The number of piperidine rings is 1. The molecule has 2 aliphatic rings. The fraction of sp³-hybridized carbons (Fsp3) is 0.467. The molecular weight excluding hydrogens is 242 g/mol. The lowest BCUT2D eigenvalue weighted by molar-refractivity contribution is 0.0588. The molecule has 0 atom stereocenters. The predicted molar refractivity (Wildman–Crippen MR) is 70.1 cm³/mol. The van der Waals surface area contributed by atoms with Gasteiger partial charge < -0.3 is 9.64 Å². The largest absolute Gasteiger partial charge is 0.453 e. The summed E-state index contributed by atoms with van der Waals surface area (Å²) in [6.45, 7) is 1.21. The second kappa shape index (κ2) is 4.37. The van der Waals surface area contributed by atoms with Crippen molar-refractivity contribution in [3.63, 3.8) is 0 Å². The Morgan fingerprint density at radius 2 is 1.95 bits per heavy atom. The Labute approximate surface area is 112 Å². The molecule has 1 aromatic rings. The molecule has 19 heavy (non-hydrogen) atoms. The first-order valence-electron chi connectivity index (χ1n) is 6.62. The number of Topliss-reactive ketones (excluding diaryl/α,β-unsaturated/α-hetero) is 1. The molecule has 0 saturated carbocycles. The van der Waals surface area contributed by atoms with Crippen molar-refractivity contribution < 1.29 is 14.3 Å². The van der Waals surface area contributed by atoms with Crippen LogP contribution in [0.3, 0.4) is 0 Å². The molecule has 3 rings (SSSR count). The van der Waals surface area contributed by atoms with Crippen molar-refractivity contribution >= 4 is 11.9 Å². The zero-order valence-electron chi connectivity index (χ0n) is 11.0. The van der Waals surface area contributed by atoms with Crippen LogP contribution in [0.2, 0.25) is 0 Å². The summed E-state index contributed by atoms with van der Waals surface area (Å²) in [5.41, 5.74) is 1.74. The van der Waals surface area contributed by atoms with Crippen LogP contribution < -0.4 is 0 Å². The van der Waals surface area contributed by atoms with Gasteiger partial charge in [-0.2, -0.15) is 0 Å². The van der Waals surface area contributed by atoms with Gasteiger partial charge in [-0.1, -0.05) is 24.3 Å². The first-order chi connectivity index (χ1) is 9.16. The van der Waals surface area contributed by atoms with Gasteiger partial charge in [-0.15, -0.1) is 0 Å². The van der Waals surface area contributed by atoms with E-state index >= 15 is 0 Å². The summed E-state index contributed by atoms with van der Waals surface area (Å²) in [6, 6.07) is 7.85. The molecule has 1 spiro atoms. The van der Waals surface area contributed by atoms with Crippen molar-refractivity contribution in [3.8, 4) is 0 Å². The van der Waals surface area contributed by atoms with Crippen molar-refractivity contribution in [3.05, 3.63) is 35.4 Å². The van der Waals surface area contributed by atoms with Gasteiger partial charge in [0, 0.05) is 24.1 Å². The van der Waals surface area contributed by atoms with Gasteiger partial charge >= 0.3 is 6.09 Å². The van der Waals surface area contributed by atoms with E-state index in [4.69, 9.17) is 4.74 Å². The molecule has 1 amide bonds.